The van der Waals surface area contributed by atoms with Crippen LogP contribution in [0.5, 0.6) is 0 Å². The highest BCUT2D eigenvalue weighted by Gasteiger charge is 2.41. The monoisotopic (exact) mass is 295 g/mol. The smallest absolute Gasteiger partial charge is 0.323 e. The third-order valence-corrected chi connectivity index (χ3v) is 3.94. The van der Waals surface area contributed by atoms with Gasteiger partial charge in [0.1, 0.15) is 11.4 Å². The van der Waals surface area contributed by atoms with Crippen LogP contribution in [0.2, 0.25) is 0 Å². The molecule has 1 atom stereocenters. The van der Waals surface area contributed by atoms with Crippen molar-refractivity contribution in [2.75, 3.05) is 38.2 Å². The molecule has 7 heteroatoms. The summed E-state index contributed by atoms with van der Waals surface area (Å²) in [5.74, 6) is 1.45. The maximum Gasteiger partial charge on any atom is 0.323 e. The van der Waals surface area contributed by atoms with Crippen LogP contribution in [0.1, 0.15) is 31.9 Å². The Kier molecular flexibility index (Phi) is 3.86. The van der Waals surface area contributed by atoms with E-state index >= 15 is 0 Å². The molecule has 1 spiro atoms. The third kappa shape index (κ3) is 3.03. The van der Waals surface area contributed by atoms with Crippen molar-refractivity contribution < 1.29 is 18.8 Å². The van der Waals surface area contributed by atoms with E-state index in [1.165, 1.54) is 0 Å². The number of carbonyl (C=O) groups excluding carboxylic acids is 1. The van der Waals surface area contributed by atoms with Crippen LogP contribution >= 0.6 is 0 Å². The topological polar surface area (TPSA) is 76.8 Å². The number of hydrogen-bond donors (Lipinski definition) is 1. The number of carbonyl (C=O) groups is 1. The van der Waals surface area contributed by atoms with Crippen LogP contribution in [0.15, 0.2) is 10.6 Å². The lowest BCUT2D eigenvalue weighted by molar-refractivity contribution is -0.0964. The number of amides is 2. The molecule has 7 nitrogen and oxygen atoms in total. The zero-order valence-corrected chi connectivity index (χ0v) is 12.4. The highest BCUT2D eigenvalue weighted by Crippen LogP contribution is 2.27. The first kappa shape index (κ1) is 14.3. The molecule has 3 rings (SSSR count). The Hall–Kier alpha value is -1.60. The lowest BCUT2D eigenvalue weighted by Gasteiger charge is -2.39. The third-order valence-electron chi connectivity index (χ3n) is 3.94. The number of nitrogens with zero attached hydrogens (tertiary/aromatic N) is 2. The first-order chi connectivity index (χ1) is 10.1. The molecule has 2 aliphatic rings. The molecule has 2 fully saturated rings. The molecule has 21 heavy (non-hydrogen) atoms. The Morgan fingerprint density at radius 3 is 3.00 bits per heavy atom. The molecule has 0 bridgehead atoms. The Morgan fingerprint density at radius 2 is 2.33 bits per heavy atom. The van der Waals surface area contributed by atoms with Crippen molar-refractivity contribution in [3.63, 3.8) is 0 Å². The zero-order chi connectivity index (χ0) is 14.9. The molecule has 2 saturated heterocycles. The molecular formula is C14H21N3O4. The van der Waals surface area contributed by atoms with Crippen LogP contribution in [-0.4, -0.2) is 54.6 Å². The van der Waals surface area contributed by atoms with Gasteiger partial charge in [0, 0.05) is 31.6 Å². The summed E-state index contributed by atoms with van der Waals surface area (Å²) in [4.78, 5) is 14.1. The van der Waals surface area contributed by atoms with Crippen LogP contribution in [0.25, 0.3) is 0 Å². The van der Waals surface area contributed by atoms with Gasteiger partial charge in [0.05, 0.1) is 19.8 Å². The molecule has 1 unspecified atom stereocenters. The Labute approximate surface area is 123 Å². The molecule has 1 aromatic heterocycles. The number of rotatable bonds is 2. The molecule has 0 aromatic carbocycles. The van der Waals surface area contributed by atoms with Crippen molar-refractivity contribution in [1.82, 2.24) is 10.1 Å². The van der Waals surface area contributed by atoms with Crippen LogP contribution in [-0.2, 0) is 9.47 Å². The van der Waals surface area contributed by atoms with E-state index in [1.807, 2.05) is 13.8 Å². The lowest BCUT2D eigenvalue weighted by Crippen LogP contribution is -2.55. The summed E-state index contributed by atoms with van der Waals surface area (Å²) in [6.45, 7) is 6.92. The van der Waals surface area contributed by atoms with Crippen molar-refractivity contribution in [3.05, 3.63) is 11.8 Å². The summed E-state index contributed by atoms with van der Waals surface area (Å²) in [7, 11) is 0. The van der Waals surface area contributed by atoms with E-state index in [-0.39, 0.29) is 17.6 Å². The minimum absolute atomic E-state index is 0.173. The van der Waals surface area contributed by atoms with Crippen molar-refractivity contribution in [3.8, 4) is 0 Å². The average molecular weight is 295 g/mol. The van der Waals surface area contributed by atoms with Gasteiger partial charge in [0.2, 0.25) is 0 Å². The van der Waals surface area contributed by atoms with Gasteiger partial charge in [0.25, 0.3) is 0 Å². The van der Waals surface area contributed by atoms with E-state index in [1.54, 1.807) is 11.0 Å². The molecule has 2 amide bonds. The molecular weight excluding hydrogens is 274 g/mol. The van der Waals surface area contributed by atoms with Gasteiger partial charge >= 0.3 is 6.03 Å². The van der Waals surface area contributed by atoms with Crippen LogP contribution in [0.4, 0.5) is 10.6 Å². The second-order valence-electron chi connectivity index (χ2n) is 5.95. The molecule has 0 saturated carbocycles. The summed E-state index contributed by atoms with van der Waals surface area (Å²) < 4.78 is 16.4. The maximum atomic E-state index is 12.3. The fourth-order valence-corrected chi connectivity index (χ4v) is 2.65. The van der Waals surface area contributed by atoms with Gasteiger partial charge in [-0.15, -0.1) is 0 Å². The summed E-state index contributed by atoms with van der Waals surface area (Å²) in [5.41, 5.74) is -0.331. The normalized spacial score (nSPS) is 25.8. The summed E-state index contributed by atoms with van der Waals surface area (Å²) in [5, 5.41) is 6.65. The average Bonchev–Trinajstić information content (AvgIpc) is 3.09. The lowest BCUT2D eigenvalue weighted by atomic mass is 10.0. The minimum Gasteiger partial charge on any atom is -0.378 e. The largest absolute Gasteiger partial charge is 0.378 e. The van der Waals surface area contributed by atoms with E-state index in [2.05, 4.69) is 10.5 Å². The minimum atomic E-state index is -0.331. The maximum absolute atomic E-state index is 12.3. The predicted octanol–water partition coefficient (Wildman–Crippen LogP) is 1.82. The molecule has 0 radical (unpaired) electrons. The second kappa shape index (κ2) is 5.65. The van der Waals surface area contributed by atoms with Gasteiger partial charge in [-0.05, 0) is 0 Å². The quantitative estimate of drug-likeness (QED) is 0.900. The summed E-state index contributed by atoms with van der Waals surface area (Å²) in [6.07, 6.45) is 0.832. The fourth-order valence-electron chi connectivity index (χ4n) is 2.65. The molecule has 2 aliphatic heterocycles. The van der Waals surface area contributed by atoms with E-state index in [0.717, 1.165) is 12.2 Å². The van der Waals surface area contributed by atoms with Gasteiger partial charge in [-0.25, -0.2) is 4.79 Å². The summed E-state index contributed by atoms with van der Waals surface area (Å²) in [6, 6.07) is 1.59. The number of ether oxygens (including phenoxy) is 2. The number of hydrogen-bond acceptors (Lipinski definition) is 5. The van der Waals surface area contributed by atoms with Gasteiger partial charge in [0.15, 0.2) is 5.82 Å². The summed E-state index contributed by atoms with van der Waals surface area (Å²) >= 11 is 0. The van der Waals surface area contributed by atoms with Crippen molar-refractivity contribution in [2.45, 2.75) is 31.8 Å². The zero-order valence-electron chi connectivity index (χ0n) is 12.4. The first-order valence-electron chi connectivity index (χ1n) is 7.32. The SMILES string of the molecule is CC(C)c1cc(NC(=O)N2CCOC3(CCOC3)C2)no1. The highest BCUT2D eigenvalue weighted by atomic mass is 16.6. The molecule has 0 aliphatic carbocycles. The van der Waals surface area contributed by atoms with Crippen LogP contribution in [0.3, 0.4) is 0 Å². The molecule has 1 aromatic rings. The molecule has 3 heterocycles. The first-order valence-corrected chi connectivity index (χ1v) is 7.32. The van der Waals surface area contributed by atoms with Gasteiger partial charge in [-0.1, -0.05) is 19.0 Å². The Bertz CT molecular complexity index is 508. The Balaban J connectivity index is 1.61. The predicted molar refractivity (Wildman–Crippen MR) is 75.3 cm³/mol. The van der Waals surface area contributed by atoms with Gasteiger partial charge in [-0.3, -0.25) is 5.32 Å². The van der Waals surface area contributed by atoms with Crippen LogP contribution < -0.4 is 5.32 Å². The molecule has 1 N–H and O–H groups in total. The van der Waals surface area contributed by atoms with Crippen molar-refractivity contribution in [2.24, 2.45) is 0 Å². The van der Waals surface area contributed by atoms with E-state index in [0.29, 0.717) is 38.7 Å². The molecule has 116 valence electrons. The second-order valence-corrected chi connectivity index (χ2v) is 5.95. The van der Waals surface area contributed by atoms with Crippen molar-refractivity contribution in [1.29, 1.82) is 0 Å². The number of nitrogens with one attached hydrogen (secondary N) is 1. The van der Waals surface area contributed by atoms with Gasteiger partial charge in [-0.2, -0.15) is 0 Å². The van der Waals surface area contributed by atoms with Crippen LogP contribution in [0, 0.1) is 0 Å². The van der Waals surface area contributed by atoms with E-state index < -0.39 is 0 Å². The van der Waals surface area contributed by atoms with E-state index in [4.69, 9.17) is 14.0 Å². The standard InChI is InChI=1S/C14H21N3O4/c1-10(2)11-7-12(16-21-11)15-13(18)17-4-6-20-14(8-17)3-5-19-9-14/h7,10H,3-6,8-9H2,1-2H3,(H,15,16,18). The number of urea groups is 1. The Morgan fingerprint density at radius 1 is 1.48 bits per heavy atom. The number of morpholine rings is 1. The number of aromatic nitrogens is 1. The van der Waals surface area contributed by atoms with Crippen molar-refractivity contribution >= 4 is 11.8 Å². The fraction of sp³-hybridized carbons (Fsp3) is 0.714. The van der Waals surface area contributed by atoms with Gasteiger partial charge < -0.3 is 18.9 Å². The number of anilines is 1. The highest BCUT2D eigenvalue weighted by molar-refractivity contribution is 5.88. The van der Waals surface area contributed by atoms with E-state index in [9.17, 15) is 4.79 Å².